The standard InChI is InChI=1S/C19H30N2S/c1-3-4-5-6-7-8-9-10-11-14-22-19-20-17-13-12-16(2)15-18(17)21-19/h12-13,15H,3-11,14H2,1-2H3,(H,20,21). The predicted octanol–water partition coefficient (Wildman–Crippen LogP) is 6.49. The lowest BCUT2D eigenvalue weighted by atomic mass is 10.1. The summed E-state index contributed by atoms with van der Waals surface area (Å²) in [5.41, 5.74) is 3.53. The van der Waals surface area contributed by atoms with E-state index in [1.165, 1.54) is 69.1 Å². The molecule has 0 saturated heterocycles. The fourth-order valence-corrected chi connectivity index (χ4v) is 3.64. The van der Waals surface area contributed by atoms with Crippen molar-refractivity contribution in [3.05, 3.63) is 23.8 Å². The minimum absolute atomic E-state index is 1.07. The van der Waals surface area contributed by atoms with Crippen LogP contribution in [0.5, 0.6) is 0 Å². The van der Waals surface area contributed by atoms with E-state index in [0.29, 0.717) is 0 Å². The molecule has 1 heterocycles. The second kappa shape index (κ2) is 9.94. The summed E-state index contributed by atoms with van der Waals surface area (Å²) < 4.78 is 0. The molecule has 0 bridgehead atoms. The molecule has 0 amide bonds. The molecule has 0 fully saturated rings. The molecule has 0 saturated carbocycles. The summed E-state index contributed by atoms with van der Waals surface area (Å²) in [5, 5.41) is 1.07. The molecule has 122 valence electrons. The summed E-state index contributed by atoms with van der Waals surface area (Å²) in [6.45, 7) is 4.40. The third kappa shape index (κ3) is 6.04. The average molecular weight is 319 g/mol. The molecule has 0 atom stereocenters. The molecule has 3 heteroatoms. The molecule has 0 spiro atoms. The Labute approximate surface area is 139 Å². The van der Waals surface area contributed by atoms with Crippen LogP contribution in [0.3, 0.4) is 0 Å². The molecule has 0 aliphatic heterocycles. The number of nitrogens with one attached hydrogen (secondary N) is 1. The Hall–Kier alpha value is -0.960. The van der Waals surface area contributed by atoms with Crippen molar-refractivity contribution in [1.82, 2.24) is 9.97 Å². The Morgan fingerprint density at radius 1 is 0.955 bits per heavy atom. The number of thioether (sulfide) groups is 1. The molecule has 0 radical (unpaired) electrons. The number of benzene rings is 1. The highest BCUT2D eigenvalue weighted by Crippen LogP contribution is 2.21. The van der Waals surface area contributed by atoms with Crippen molar-refractivity contribution in [1.29, 1.82) is 0 Å². The first-order chi connectivity index (χ1) is 10.8. The van der Waals surface area contributed by atoms with Crippen molar-refractivity contribution < 1.29 is 0 Å². The molecule has 0 aliphatic rings. The molecular formula is C19H30N2S. The lowest BCUT2D eigenvalue weighted by molar-refractivity contribution is 0.573. The van der Waals surface area contributed by atoms with Crippen molar-refractivity contribution in [3.63, 3.8) is 0 Å². The second-order valence-corrected chi connectivity index (χ2v) is 7.32. The highest BCUT2D eigenvalue weighted by atomic mass is 32.2. The normalized spacial score (nSPS) is 11.4. The van der Waals surface area contributed by atoms with Crippen LogP contribution in [0.15, 0.2) is 23.4 Å². The minimum Gasteiger partial charge on any atom is -0.333 e. The van der Waals surface area contributed by atoms with Gasteiger partial charge in [-0.25, -0.2) is 4.98 Å². The second-order valence-electron chi connectivity index (χ2n) is 6.24. The Morgan fingerprint density at radius 3 is 2.36 bits per heavy atom. The summed E-state index contributed by atoms with van der Waals surface area (Å²) in [6, 6.07) is 6.40. The smallest absolute Gasteiger partial charge is 0.166 e. The number of unbranched alkanes of at least 4 members (excludes halogenated alkanes) is 8. The maximum Gasteiger partial charge on any atom is 0.166 e. The van der Waals surface area contributed by atoms with Crippen LogP contribution in [0.1, 0.15) is 70.3 Å². The van der Waals surface area contributed by atoms with Crippen molar-refractivity contribution >= 4 is 22.8 Å². The van der Waals surface area contributed by atoms with E-state index >= 15 is 0 Å². The van der Waals surface area contributed by atoms with Crippen LogP contribution in [0, 0.1) is 6.92 Å². The molecule has 1 N–H and O–H groups in total. The largest absolute Gasteiger partial charge is 0.333 e. The third-order valence-electron chi connectivity index (χ3n) is 4.10. The number of aromatic amines is 1. The van der Waals surface area contributed by atoms with Gasteiger partial charge >= 0.3 is 0 Å². The number of fused-ring (bicyclic) bond motifs is 1. The van der Waals surface area contributed by atoms with Crippen LogP contribution in [0.2, 0.25) is 0 Å². The molecular weight excluding hydrogens is 288 g/mol. The summed E-state index contributed by atoms with van der Waals surface area (Å²) in [7, 11) is 0. The zero-order valence-corrected chi connectivity index (χ0v) is 15.0. The molecule has 2 aromatic rings. The van der Waals surface area contributed by atoms with E-state index in [-0.39, 0.29) is 0 Å². The summed E-state index contributed by atoms with van der Waals surface area (Å²) >= 11 is 1.86. The van der Waals surface area contributed by atoms with Gasteiger partial charge in [0.2, 0.25) is 0 Å². The first kappa shape index (κ1) is 17.4. The number of hydrogen-bond donors (Lipinski definition) is 1. The molecule has 1 aromatic carbocycles. The third-order valence-corrected chi connectivity index (χ3v) is 5.06. The van der Waals surface area contributed by atoms with Gasteiger partial charge < -0.3 is 4.98 Å². The van der Waals surface area contributed by atoms with E-state index in [1.807, 2.05) is 11.8 Å². The van der Waals surface area contributed by atoms with Crippen LogP contribution < -0.4 is 0 Å². The van der Waals surface area contributed by atoms with E-state index in [1.54, 1.807) is 0 Å². The van der Waals surface area contributed by atoms with Gasteiger partial charge in [0, 0.05) is 5.75 Å². The van der Waals surface area contributed by atoms with Crippen molar-refractivity contribution in [3.8, 4) is 0 Å². The molecule has 0 aliphatic carbocycles. The van der Waals surface area contributed by atoms with Gasteiger partial charge in [0.1, 0.15) is 0 Å². The van der Waals surface area contributed by atoms with Crippen LogP contribution in [0.4, 0.5) is 0 Å². The van der Waals surface area contributed by atoms with E-state index in [9.17, 15) is 0 Å². The van der Waals surface area contributed by atoms with Gasteiger partial charge in [0.15, 0.2) is 5.16 Å². The van der Waals surface area contributed by atoms with Crippen LogP contribution in [-0.2, 0) is 0 Å². The van der Waals surface area contributed by atoms with Gasteiger partial charge in [0.25, 0.3) is 0 Å². The van der Waals surface area contributed by atoms with Crippen LogP contribution in [0.25, 0.3) is 11.0 Å². The number of nitrogens with zero attached hydrogens (tertiary/aromatic N) is 1. The van der Waals surface area contributed by atoms with Gasteiger partial charge in [-0.3, -0.25) is 0 Å². The Kier molecular flexibility index (Phi) is 7.86. The number of imidazole rings is 1. The van der Waals surface area contributed by atoms with Crippen molar-refractivity contribution in [2.75, 3.05) is 5.75 Å². The number of aromatic nitrogens is 2. The monoisotopic (exact) mass is 318 g/mol. The Morgan fingerprint density at radius 2 is 1.64 bits per heavy atom. The average Bonchev–Trinajstić information content (AvgIpc) is 2.91. The molecule has 0 unspecified atom stereocenters. The van der Waals surface area contributed by atoms with E-state index in [0.717, 1.165) is 16.2 Å². The quantitative estimate of drug-likeness (QED) is 0.378. The fraction of sp³-hybridized carbons (Fsp3) is 0.632. The Balaban J connectivity index is 1.54. The van der Waals surface area contributed by atoms with Gasteiger partial charge in [-0.1, -0.05) is 76.1 Å². The van der Waals surface area contributed by atoms with Crippen LogP contribution >= 0.6 is 11.8 Å². The van der Waals surface area contributed by atoms with Crippen molar-refractivity contribution in [2.45, 2.75) is 76.8 Å². The van der Waals surface area contributed by atoms with Crippen molar-refractivity contribution in [2.24, 2.45) is 0 Å². The maximum absolute atomic E-state index is 4.64. The van der Waals surface area contributed by atoms with E-state index in [4.69, 9.17) is 0 Å². The molecule has 22 heavy (non-hydrogen) atoms. The molecule has 1 aromatic heterocycles. The lowest BCUT2D eigenvalue weighted by Crippen LogP contribution is -1.84. The number of hydrogen-bond acceptors (Lipinski definition) is 2. The zero-order valence-electron chi connectivity index (χ0n) is 14.2. The highest BCUT2D eigenvalue weighted by molar-refractivity contribution is 7.99. The Bertz CT molecular complexity index is 547. The number of rotatable bonds is 11. The highest BCUT2D eigenvalue weighted by Gasteiger charge is 2.03. The fourth-order valence-electron chi connectivity index (χ4n) is 2.75. The minimum atomic E-state index is 1.07. The van der Waals surface area contributed by atoms with E-state index in [2.05, 4.69) is 42.0 Å². The van der Waals surface area contributed by atoms with Gasteiger partial charge in [-0.2, -0.15) is 0 Å². The summed E-state index contributed by atoms with van der Waals surface area (Å²) in [5.74, 6) is 1.18. The SMILES string of the molecule is CCCCCCCCCCCSc1nc2ccc(C)cc2[nH]1. The van der Waals surface area contributed by atoms with Gasteiger partial charge in [-0.05, 0) is 31.0 Å². The zero-order chi connectivity index (χ0) is 15.6. The number of H-pyrrole nitrogens is 1. The van der Waals surface area contributed by atoms with Gasteiger partial charge in [-0.15, -0.1) is 0 Å². The maximum atomic E-state index is 4.64. The topological polar surface area (TPSA) is 28.7 Å². The summed E-state index contributed by atoms with van der Waals surface area (Å²) in [4.78, 5) is 8.06. The molecule has 2 rings (SSSR count). The number of aryl methyl sites for hydroxylation is 1. The predicted molar refractivity (Wildman–Crippen MR) is 98.8 cm³/mol. The first-order valence-electron chi connectivity index (χ1n) is 8.89. The van der Waals surface area contributed by atoms with Crippen LogP contribution in [-0.4, -0.2) is 15.7 Å². The summed E-state index contributed by atoms with van der Waals surface area (Å²) in [6.07, 6.45) is 12.5. The first-order valence-corrected chi connectivity index (χ1v) is 9.87. The van der Waals surface area contributed by atoms with E-state index < -0.39 is 0 Å². The lowest BCUT2D eigenvalue weighted by Gasteiger charge is -2.01. The van der Waals surface area contributed by atoms with Gasteiger partial charge in [0.05, 0.1) is 11.0 Å². The molecule has 2 nitrogen and oxygen atoms in total.